The molecule has 0 fully saturated rings. The maximum Gasteiger partial charge on any atom is 0.286 e. The van der Waals surface area contributed by atoms with Crippen molar-refractivity contribution in [1.82, 2.24) is 10.2 Å². The zero-order chi connectivity index (χ0) is 13.2. The molecule has 3 N–H and O–H groups in total. The van der Waals surface area contributed by atoms with Gasteiger partial charge in [0.2, 0.25) is 0 Å². The minimum atomic E-state index is -0.284. The Balaban J connectivity index is 1.89. The number of rotatable bonds is 2. The number of aromatic nitrogens is 2. The predicted molar refractivity (Wildman–Crippen MR) is 76.4 cm³/mol. The van der Waals surface area contributed by atoms with E-state index >= 15 is 0 Å². The van der Waals surface area contributed by atoms with Crippen LogP contribution in [0.3, 0.4) is 0 Å². The van der Waals surface area contributed by atoms with E-state index in [1.54, 1.807) is 12.3 Å². The van der Waals surface area contributed by atoms with Crippen LogP contribution in [0.2, 0.25) is 0 Å². The Morgan fingerprint density at radius 2 is 2.37 bits per heavy atom. The second kappa shape index (κ2) is 4.89. The van der Waals surface area contributed by atoms with Gasteiger partial charge >= 0.3 is 0 Å². The van der Waals surface area contributed by atoms with Crippen LogP contribution in [0.1, 0.15) is 23.6 Å². The van der Waals surface area contributed by atoms with Gasteiger partial charge in [0.05, 0.1) is 11.1 Å². The minimum absolute atomic E-state index is 0.263. The molecule has 1 aromatic heterocycles. The van der Waals surface area contributed by atoms with Crippen molar-refractivity contribution >= 4 is 28.9 Å². The zero-order valence-electron chi connectivity index (χ0n) is 10.0. The molecule has 2 aliphatic rings. The Morgan fingerprint density at radius 3 is 3.05 bits per heavy atom. The van der Waals surface area contributed by atoms with Gasteiger partial charge in [0.25, 0.3) is 5.91 Å². The van der Waals surface area contributed by atoms with Crippen LogP contribution in [0.4, 0.5) is 0 Å². The van der Waals surface area contributed by atoms with Crippen LogP contribution < -0.4 is 5.73 Å². The fourth-order valence-corrected chi connectivity index (χ4v) is 2.75. The fraction of sp³-hybridized carbons (Fsp3) is 0.154. The maximum atomic E-state index is 11.6. The van der Waals surface area contributed by atoms with Crippen molar-refractivity contribution in [1.29, 1.82) is 0 Å². The molecule has 0 saturated carbocycles. The summed E-state index contributed by atoms with van der Waals surface area (Å²) in [4.78, 5) is 15.8. The molecule has 1 aliphatic carbocycles. The molecule has 6 heteroatoms. The molecule has 5 nitrogen and oxygen atoms in total. The molecular formula is C13H12N4OS. The van der Waals surface area contributed by atoms with Gasteiger partial charge in [-0.2, -0.15) is 10.1 Å². The van der Waals surface area contributed by atoms with Crippen molar-refractivity contribution in [2.45, 2.75) is 12.3 Å². The first-order valence-electron chi connectivity index (χ1n) is 5.88. The van der Waals surface area contributed by atoms with Crippen LogP contribution in [0.25, 0.3) is 6.08 Å². The molecular weight excluding hydrogens is 260 g/mol. The van der Waals surface area contributed by atoms with E-state index in [-0.39, 0.29) is 11.8 Å². The summed E-state index contributed by atoms with van der Waals surface area (Å²) in [6, 6.07) is 0. The highest BCUT2D eigenvalue weighted by atomic mass is 32.2. The molecule has 1 amide bonds. The van der Waals surface area contributed by atoms with Crippen molar-refractivity contribution in [3.8, 4) is 0 Å². The molecule has 0 aromatic carbocycles. The second-order valence-electron chi connectivity index (χ2n) is 4.26. The maximum absolute atomic E-state index is 11.6. The molecule has 0 radical (unpaired) electrons. The van der Waals surface area contributed by atoms with E-state index in [2.05, 4.69) is 27.3 Å². The lowest BCUT2D eigenvalue weighted by Crippen LogP contribution is -2.01. The van der Waals surface area contributed by atoms with E-state index in [0.29, 0.717) is 10.1 Å². The molecule has 1 aliphatic heterocycles. The number of nitrogens with one attached hydrogen (secondary N) is 1. The summed E-state index contributed by atoms with van der Waals surface area (Å²) in [5.41, 5.74) is 7.45. The highest BCUT2D eigenvalue weighted by Gasteiger charge is 2.21. The number of carbonyl (C=O) groups excluding carboxylic acids is 1. The average Bonchev–Trinajstić information content (AvgIpc) is 2.98. The first kappa shape index (κ1) is 12.0. The summed E-state index contributed by atoms with van der Waals surface area (Å²) >= 11 is 1.19. The van der Waals surface area contributed by atoms with E-state index < -0.39 is 0 Å². The first-order valence-corrected chi connectivity index (χ1v) is 6.70. The third-order valence-electron chi connectivity index (χ3n) is 2.97. The third-order valence-corrected chi connectivity index (χ3v) is 3.79. The second-order valence-corrected chi connectivity index (χ2v) is 5.32. The Kier molecular flexibility index (Phi) is 3.08. The van der Waals surface area contributed by atoms with Gasteiger partial charge in [-0.15, -0.1) is 0 Å². The van der Waals surface area contributed by atoms with E-state index in [0.717, 1.165) is 17.7 Å². The van der Waals surface area contributed by atoms with Crippen molar-refractivity contribution in [2.75, 3.05) is 0 Å². The normalized spacial score (nSPS) is 24.2. The molecule has 2 heterocycles. The lowest BCUT2D eigenvalue weighted by molar-refractivity contribution is -0.113. The summed E-state index contributed by atoms with van der Waals surface area (Å²) in [6.45, 7) is 0. The van der Waals surface area contributed by atoms with Crippen molar-refractivity contribution in [2.24, 2.45) is 10.7 Å². The highest BCUT2D eigenvalue weighted by molar-refractivity contribution is 8.18. The number of allylic oxidation sites excluding steroid dienone is 4. The van der Waals surface area contributed by atoms with E-state index in [4.69, 9.17) is 5.73 Å². The molecule has 0 spiro atoms. The lowest BCUT2D eigenvalue weighted by atomic mass is 9.95. The highest BCUT2D eigenvalue weighted by Crippen LogP contribution is 2.30. The third kappa shape index (κ3) is 2.39. The number of carbonyl (C=O) groups is 1. The Morgan fingerprint density at radius 1 is 1.47 bits per heavy atom. The molecule has 1 atom stereocenters. The summed E-state index contributed by atoms with van der Waals surface area (Å²) in [6.07, 6.45) is 12.7. The molecule has 0 saturated heterocycles. The molecule has 3 rings (SSSR count). The van der Waals surface area contributed by atoms with Gasteiger partial charge < -0.3 is 5.73 Å². The van der Waals surface area contributed by atoms with Crippen LogP contribution in [0.15, 0.2) is 40.4 Å². The van der Waals surface area contributed by atoms with Crippen LogP contribution >= 0.6 is 11.8 Å². The van der Waals surface area contributed by atoms with E-state index in [1.807, 2.05) is 12.2 Å². The van der Waals surface area contributed by atoms with Gasteiger partial charge in [0, 0.05) is 17.2 Å². The van der Waals surface area contributed by atoms with Gasteiger partial charge in [-0.05, 0) is 24.3 Å². The van der Waals surface area contributed by atoms with Crippen LogP contribution in [0, 0.1) is 0 Å². The van der Waals surface area contributed by atoms with Crippen LogP contribution in [0.5, 0.6) is 0 Å². The standard InChI is InChI=1S/C13H12N4OS/c14-13-16-12(18)10(19-13)6-9-7-15-17-11(9)8-4-2-1-3-5-8/h1-4,6-8H,5H2,(H,15,17)(H2,14,16,18)/b10-6-. The van der Waals surface area contributed by atoms with Crippen molar-refractivity contribution in [3.63, 3.8) is 0 Å². The summed E-state index contributed by atoms with van der Waals surface area (Å²) in [7, 11) is 0. The van der Waals surface area contributed by atoms with Gasteiger partial charge in [-0.25, -0.2) is 0 Å². The summed E-state index contributed by atoms with van der Waals surface area (Å²) in [5, 5.41) is 7.37. The molecule has 19 heavy (non-hydrogen) atoms. The number of amides is 1. The lowest BCUT2D eigenvalue weighted by Gasteiger charge is -2.11. The number of hydrogen-bond acceptors (Lipinski definition) is 4. The average molecular weight is 272 g/mol. The van der Waals surface area contributed by atoms with Crippen LogP contribution in [-0.4, -0.2) is 21.3 Å². The number of nitrogens with zero attached hydrogens (tertiary/aromatic N) is 2. The molecule has 0 bridgehead atoms. The zero-order valence-corrected chi connectivity index (χ0v) is 10.9. The van der Waals surface area contributed by atoms with Crippen molar-refractivity contribution < 1.29 is 4.79 Å². The Hall–Kier alpha value is -2.08. The number of nitrogens with two attached hydrogens (primary N) is 1. The minimum Gasteiger partial charge on any atom is -0.378 e. The molecule has 1 unspecified atom stereocenters. The summed E-state index contributed by atoms with van der Waals surface area (Å²) < 4.78 is 0. The quantitative estimate of drug-likeness (QED) is 0.806. The van der Waals surface area contributed by atoms with Gasteiger partial charge in [0.1, 0.15) is 0 Å². The summed E-state index contributed by atoms with van der Waals surface area (Å²) in [5.74, 6) is -0.0205. The monoisotopic (exact) mass is 272 g/mol. The van der Waals surface area contributed by atoms with Gasteiger partial charge in [-0.1, -0.05) is 24.3 Å². The number of amidine groups is 1. The molecule has 1 aromatic rings. The number of aromatic amines is 1. The van der Waals surface area contributed by atoms with Gasteiger partial charge in [0.15, 0.2) is 5.17 Å². The van der Waals surface area contributed by atoms with Crippen molar-refractivity contribution in [3.05, 3.63) is 46.7 Å². The van der Waals surface area contributed by atoms with Crippen LogP contribution in [-0.2, 0) is 4.79 Å². The smallest absolute Gasteiger partial charge is 0.286 e. The number of aliphatic imine (C=N–C) groups is 1. The number of thioether (sulfide) groups is 1. The predicted octanol–water partition coefficient (Wildman–Crippen LogP) is 1.94. The SMILES string of the molecule is NC1=NC(=O)/C(=C/c2cn[nH]c2C2C=CC=CC2)S1. The van der Waals surface area contributed by atoms with E-state index in [9.17, 15) is 4.79 Å². The largest absolute Gasteiger partial charge is 0.378 e. The topological polar surface area (TPSA) is 84.1 Å². The molecule has 96 valence electrons. The Bertz CT molecular complexity index is 639. The van der Waals surface area contributed by atoms with E-state index in [1.165, 1.54) is 11.8 Å². The number of H-pyrrole nitrogens is 1. The fourth-order valence-electron chi connectivity index (χ4n) is 2.08. The Labute approximate surface area is 114 Å². The van der Waals surface area contributed by atoms with Gasteiger partial charge in [-0.3, -0.25) is 9.89 Å². The first-order chi connectivity index (χ1) is 9.24. The number of hydrogen-bond donors (Lipinski definition) is 2.